The molecule has 3 fully saturated rings. The minimum atomic E-state index is -0.816. The number of aromatic hydroxyl groups is 2. The summed E-state index contributed by atoms with van der Waals surface area (Å²) >= 11 is 15.7. The van der Waals surface area contributed by atoms with Gasteiger partial charge in [0.15, 0.2) is 29.9 Å². The number of methoxy groups -OCH3 is 3. The Morgan fingerprint density at radius 1 is 0.568 bits per heavy atom. The van der Waals surface area contributed by atoms with Crippen LogP contribution in [0.15, 0.2) is 158 Å². The number of aldehydes is 1. The van der Waals surface area contributed by atoms with Gasteiger partial charge in [-0.25, -0.2) is 0 Å². The van der Waals surface area contributed by atoms with Gasteiger partial charge in [0.1, 0.15) is 17.2 Å². The number of para-hydroxylation sites is 3. The first-order chi connectivity index (χ1) is 44.8. The summed E-state index contributed by atoms with van der Waals surface area (Å²) in [5.41, 5.74) is 3.76. The number of carboxylic acids is 3. The average molecular weight is 1390 g/mol. The van der Waals surface area contributed by atoms with Crippen LogP contribution in [0.3, 0.4) is 0 Å². The van der Waals surface area contributed by atoms with Gasteiger partial charge in [0.25, 0.3) is 0 Å². The maximum absolute atomic E-state index is 10.6. The van der Waals surface area contributed by atoms with Gasteiger partial charge in [-0.05, 0) is 116 Å². The molecule has 3 saturated heterocycles. The molecule has 3 aliphatic heterocycles. The number of rotatable bonds is 23. The molecule has 95 heavy (non-hydrogen) atoms. The van der Waals surface area contributed by atoms with Crippen LogP contribution in [-0.2, 0) is 52.3 Å². The van der Waals surface area contributed by atoms with Gasteiger partial charge >= 0.3 is 47.5 Å². The third kappa shape index (κ3) is 32.5. The van der Waals surface area contributed by atoms with Gasteiger partial charge in [0.2, 0.25) is 0 Å². The summed E-state index contributed by atoms with van der Waals surface area (Å²) in [6.07, 6.45) is 14.9. The number of aliphatic carboxylic acids is 3. The van der Waals surface area contributed by atoms with Gasteiger partial charge < -0.3 is 69.6 Å². The van der Waals surface area contributed by atoms with Gasteiger partial charge in [-0.15, -0.1) is 0 Å². The van der Waals surface area contributed by atoms with E-state index < -0.39 is 41.6 Å². The Bertz CT molecular complexity index is 3140. The molecule has 0 spiro atoms. The monoisotopic (exact) mass is 1390 g/mol. The van der Waals surface area contributed by atoms with Crippen LogP contribution in [-0.4, -0.2) is 114 Å². The molecule has 0 aromatic heterocycles. The van der Waals surface area contributed by atoms with E-state index in [1.165, 1.54) is 0 Å². The van der Waals surface area contributed by atoms with Crippen LogP contribution in [0.2, 0.25) is 10.0 Å². The summed E-state index contributed by atoms with van der Waals surface area (Å²) in [6, 6.07) is 36.4. The number of carbonyl (C=O) groups excluding carboxylic acids is 1. The third-order valence-corrected chi connectivity index (χ3v) is 15.3. The SMILES string of the molecule is CC1(C)OC[C@@H](C/C=C\CCC(=O)O)[C@@H](c2ccccc2O)O1.CCS.COC(C)(C)OC.COc1ccccc1[C@H]1OC(C)(C)OC[C@H]1C/C=C\CCC(=O)O.O=C(O)CC/C=C\C[C@@H]1CO[C@H](c2ccccc2Cl)O[C@@H]1c1ccccc1O.O=Cc1ccccc1Cl.[H-].[Na+]. The van der Waals surface area contributed by atoms with Crippen molar-refractivity contribution in [3.05, 3.63) is 196 Å². The Morgan fingerprint density at radius 2 is 0.937 bits per heavy atom. The third-order valence-electron chi connectivity index (χ3n) is 14.6. The number of hydrogen-bond acceptors (Lipinski definition) is 16. The zero-order valence-electron chi connectivity index (χ0n) is 57.6. The normalized spacial score (nSPS) is 20.2. The molecular weight excluding hydrogens is 1290 g/mol. The van der Waals surface area contributed by atoms with E-state index in [1.54, 1.807) is 75.9 Å². The van der Waals surface area contributed by atoms with Gasteiger partial charge in [0.05, 0.1) is 50.3 Å². The van der Waals surface area contributed by atoms with E-state index in [0.29, 0.717) is 73.1 Å². The van der Waals surface area contributed by atoms with Crippen LogP contribution in [0.1, 0.15) is 165 Å². The molecule has 3 aliphatic rings. The summed E-state index contributed by atoms with van der Waals surface area (Å²) in [5, 5.41) is 47.6. The smallest absolute Gasteiger partial charge is 1.00 e. The standard InChI is InChI=1S/C22H23ClO5.C19H26O5.C18H24O5.C7H5ClO.C5H12O2.C2H6S.Na.H/c23-18-11-6-4-9-16(18)22-27-14-15(8-2-1-3-13-20(25)26)21(28-22)17-10-5-7-12-19(17)24;1-19(2)23-13-14(9-5-4-6-12-17(20)21)18(24-19)15-10-7-8-11-16(15)22-3;1-18(2)22-12-13(8-4-3-5-11-16(20)21)17(23-18)14-9-6-7-10-15(14)19;8-7-4-2-1-3-6(7)5-9;1-5(2,6-3)7-4;1-2-3;;/h1-2,4-7,9-12,15,21-22,24H,3,8,13-14H2,(H,25,26);4-5,7-8,10-11,14,18H,6,9,12-13H2,1-3H3,(H,20,21);3-4,6-7,9-10,13,17,19H,5,8,11-12H2,1-2H3,(H,20,21);1-5H;1-4H3;3H,2H2,1H3;;/q;;;;;;+1;-1/b2-1-;5-4-;4-3-;;;;;/t15-,21+,22+;14-,18+;13-,17+;;;;;/m111...../s1. The fourth-order valence-corrected chi connectivity index (χ4v) is 9.81. The number of phenolic OH excluding ortho intramolecular Hbond substituents is 2. The molecule has 0 amide bonds. The van der Waals surface area contributed by atoms with Crippen molar-refractivity contribution < 1.29 is 118 Å². The second-order valence-corrected chi connectivity index (χ2v) is 24.5. The van der Waals surface area contributed by atoms with E-state index in [9.17, 15) is 29.4 Å². The Balaban J connectivity index is 0.000000629. The second-order valence-electron chi connectivity index (χ2n) is 23.1. The number of ether oxygens (including phenoxy) is 9. The average Bonchev–Trinajstić information content (AvgIpc) is 0.840. The van der Waals surface area contributed by atoms with E-state index in [-0.39, 0.29) is 97.8 Å². The van der Waals surface area contributed by atoms with Crippen molar-refractivity contribution >= 4 is 60.0 Å². The number of carbonyl (C=O) groups is 4. The Morgan fingerprint density at radius 3 is 1.32 bits per heavy atom. The summed E-state index contributed by atoms with van der Waals surface area (Å²) in [7, 11) is 4.89. The van der Waals surface area contributed by atoms with Crippen LogP contribution in [0.5, 0.6) is 17.2 Å². The molecular formula is C73H97Cl2NaO18S. The zero-order valence-corrected chi connectivity index (χ0v) is 61.0. The van der Waals surface area contributed by atoms with Crippen molar-refractivity contribution in [3.8, 4) is 17.2 Å². The minimum absolute atomic E-state index is 0. The Kier molecular flexibility index (Phi) is 41.2. The van der Waals surface area contributed by atoms with Gasteiger partial charge in [-0.3, -0.25) is 19.2 Å². The molecule has 0 radical (unpaired) electrons. The van der Waals surface area contributed by atoms with Crippen LogP contribution < -0.4 is 34.3 Å². The summed E-state index contributed by atoms with van der Waals surface area (Å²) < 4.78 is 51.1. The van der Waals surface area contributed by atoms with Gasteiger partial charge in [-0.1, -0.05) is 158 Å². The number of phenols is 2. The molecule has 0 unspecified atom stereocenters. The molecule has 518 valence electrons. The van der Waals surface area contributed by atoms with Crippen LogP contribution in [0.4, 0.5) is 0 Å². The molecule has 0 aliphatic carbocycles. The molecule has 22 heteroatoms. The van der Waals surface area contributed by atoms with E-state index in [2.05, 4.69) is 12.6 Å². The Hall–Kier alpha value is -5.59. The van der Waals surface area contributed by atoms with Gasteiger partial charge in [0, 0.05) is 84.1 Å². The number of thiol groups is 1. The quantitative estimate of drug-likeness (QED) is 0.0117. The molecule has 3 heterocycles. The summed E-state index contributed by atoms with van der Waals surface area (Å²) in [4.78, 5) is 41.8. The van der Waals surface area contributed by atoms with Gasteiger partial charge in [-0.2, -0.15) is 12.6 Å². The van der Waals surface area contributed by atoms with Crippen molar-refractivity contribution in [2.75, 3.05) is 46.9 Å². The number of benzene rings is 5. The second kappa shape index (κ2) is 45.8. The van der Waals surface area contributed by atoms with Crippen LogP contribution >= 0.6 is 35.8 Å². The Labute approximate surface area is 600 Å². The zero-order chi connectivity index (χ0) is 69.7. The molecule has 18 nitrogen and oxygen atoms in total. The first-order valence-electron chi connectivity index (χ1n) is 31.1. The molecule has 5 aromatic rings. The first-order valence-corrected chi connectivity index (χ1v) is 32.5. The van der Waals surface area contributed by atoms with Crippen LogP contribution in [0.25, 0.3) is 0 Å². The number of carboxylic acid groups (broad SMARTS) is 3. The summed E-state index contributed by atoms with van der Waals surface area (Å²) in [5.74, 6) is -1.82. The first kappa shape index (κ1) is 85.5. The maximum Gasteiger partial charge on any atom is 1.00 e. The molecule has 0 bridgehead atoms. The largest absolute Gasteiger partial charge is 1.00 e. The van der Waals surface area contributed by atoms with Crippen molar-refractivity contribution in [2.45, 2.75) is 148 Å². The van der Waals surface area contributed by atoms with Crippen molar-refractivity contribution in [2.24, 2.45) is 17.8 Å². The minimum Gasteiger partial charge on any atom is -1.00 e. The predicted octanol–water partition coefficient (Wildman–Crippen LogP) is 14.1. The fourth-order valence-electron chi connectivity index (χ4n) is 9.41. The topological polar surface area (TPSA) is 252 Å². The predicted molar refractivity (Wildman–Crippen MR) is 369 cm³/mol. The molecule has 7 atom stereocenters. The molecule has 8 rings (SSSR count). The van der Waals surface area contributed by atoms with E-state index in [0.717, 1.165) is 40.9 Å². The molecule has 5 N–H and O–H groups in total. The number of halogens is 2. The summed E-state index contributed by atoms with van der Waals surface area (Å²) in [6.45, 7) is 14.8. The van der Waals surface area contributed by atoms with Crippen molar-refractivity contribution in [3.63, 3.8) is 0 Å². The molecule has 5 aromatic carbocycles. The van der Waals surface area contributed by atoms with E-state index >= 15 is 0 Å². The van der Waals surface area contributed by atoms with Crippen molar-refractivity contribution in [1.82, 2.24) is 0 Å². The fraction of sp³-hybridized carbons (Fsp3) is 0.452. The number of allylic oxidation sites excluding steroid dienone is 6. The van der Waals surface area contributed by atoms with E-state index in [1.807, 2.05) is 152 Å². The molecule has 0 saturated carbocycles. The van der Waals surface area contributed by atoms with Crippen molar-refractivity contribution in [1.29, 1.82) is 0 Å². The number of hydrogen-bond donors (Lipinski definition) is 6. The maximum atomic E-state index is 10.6. The van der Waals surface area contributed by atoms with Crippen LogP contribution in [0, 0.1) is 17.8 Å². The van der Waals surface area contributed by atoms with E-state index in [4.69, 9.17) is 81.2 Å².